The molecule has 176 valence electrons. The van der Waals surface area contributed by atoms with E-state index in [0.29, 0.717) is 6.92 Å². The van der Waals surface area contributed by atoms with Gasteiger partial charge in [-0.1, -0.05) is 6.58 Å². The van der Waals surface area contributed by atoms with Gasteiger partial charge in [-0.2, -0.15) is 57.1 Å². The number of ether oxygens (including phenoxy) is 2. The minimum Gasteiger partial charge on any atom is -0.414 e. The van der Waals surface area contributed by atoms with Crippen molar-refractivity contribution in [3.63, 3.8) is 0 Å². The monoisotopic (exact) mass is 476 g/mol. The van der Waals surface area contributed by atoms with Crippen LogP contribution in [0.2, 0.25) is 0 Å². The van der Waals surface area contributed by atoms with Crippen LogP contribution in [0.3, 0.4) is 0 Å². The Morgan fingerprint density at radius 1 is 0.867 bits per heavy atom. The van der Waals surface area contributed by atoms with E-state index < -0.39 is 65.8 Å². The summed E-state index contributed by atoms with van der Waals surface area (Å²) < 4.78 is 182. The van der Waals surface area contributed by atoms with Crippen molar-refractivity contribution < 1.29 is 76.5 Å². The highest BCUT2D eigenvalue weighted by molar-refractivity contribution is 5.87. The number of carbonyl (C=O) groups excluding carboxylic acids is 1. The molecule has 1 rings (SSSR count). The van der Waals surface area contributed by atoms with E-state index in [1.807, 2.05) is 0 Å². The molecule has 3 atom stereocenters. The molecule has 30 heavy (non-hydrogen) atoms. The Labute approximate surface area is 157 Å². The van der Waals surface area contributed by atoms with E-state index in [1.165, 1.54) is 0 Å². The zero-order valence-electron chi connectivity index (χ0n) is 14.3. The quantitative estimate of drug-likeness (QED) is 0.368. The summed E-state index contributed by atoms with van der Waals surface area (Å²) >= 11 is 0. The molecule has 1 aliphatic heterocycles. The van der Waals surface area contributed by atoms with Crippen LogP contribution in [-0.2, 0) is 14.3 Å². The molecule has 0 amide bonds. The highest BCUT2D eigenvalue weighted by Crippen LogP contribution is 2.69. The molecule has 1 fully saturated rings. The zero-order chi connectivity index (χ0) is 24.6. The van der Waals surface area contributed by atoms with Crippen LogP contribution < -0.4 is 0 Å². The fourth-order valence-corrected chi connectivity index (χ4v) is 2.38. The Bertz CT molecular complexity index is 737. The molecular weight excluding hydrogens is 467 g/mol. The fraction of sp³-hybridized carbons (Fsp3) is 0.769. The second-order valence-electron chi connectivity index (χ2n) is 6.27. The smallest absolute Gasteiger partial charge is 0.414 e. The van der Waals surface area contributed by atoms with Crippen LogP contribution in [0, 0.1) is 0 Å². The second kappa shape index (κ2) is 6.37. The van der Waals surface area contributed by atoms with Crippen molar-refractivity contribution in [2.45, 2.75) is 61.2 Å². The number of alkyl halides is 13. The van der Waals surface area contributed by atoms with E-state index in [-0.39, 0.29) is 0 Å². The number of aliphatic hydroxyl groups is 1. The maximum Gasteiger partial charge on any atom is 0.462 e. The van der Waals surface area contributed by atoms with Gasteiger partial charge in [0.1, 0.15) is 0 Å². The van der Waals surface area contributed by atoms with E-state index in [0.717, 1.165) is 0 Å². The third kappa shape index (κ3) is 2.87. The average molecular weight is 476 g/mol. The summed E-state index contributed by atoms with van der Waals surface area (Å²) in [5, 5.41) is 9.19. The van der Waals surface area contributed by atoms with Gasteiger partial charge in [0, 0.05) is 5.57 Å². The lowest BCUT2D eigenvalue weighted by molar-refractivity contribution is -0.575. The lowest BCUT2D eigenvalue weighted by Crippen LogP contribution is -2.90. The molecule has 0 radical (unpaired) electrons. The van der Waals surface area contributed by atoms with E-state index in [2.05, 4.69) is 16.1 Å². The van der Waals surface area contributed by atoms with Crippen molar-refractivity contribution in [3.8, 4) is 0 Å². The summed E-state index contributed by atoms with van der Waals surface area (Å²) in [6.45, 7) is 1.86. The van der Waals surface area contributed by atoms with E-state index >= 15 is 0 Å². The van der Waals surface area contributed by atoms with Crippen LogP contribution in [0.5, 0.6) is 0 Å². The van der Waals surface area contributed by atoms with E-state index in [9.17, 15) is 67.0 Å². The van der Waals surface area contributed by atoms with Crippen LogP contribution >= 0.6 is 0 Å². The summed E-state index contributed by atoms with van der Waals surface area (Å²) in [6, 6.07) is 0. The minimum absolute atomic E-state index is 0.431. The van der Waals surface area contributed by atoms with Gasteiger partial charge in [0.05, 0.1) is 0 Å². The Morgan fingerprint density at radius 2 is 1.27 bits per heavy atom. The molecule has 4 nitrogen and oxygen atoms in total. The van der Waals surface area contributed by atoms with Gasteiger partial charge in [-0.05, 0) is 13.8 Å². The lowest BCUT2D eigenvalue weighted by atomic mass is 9.71. The molecule has 0 aliphatic carbocycles. The summed E-state index contributed by atoms with van der Waals surface area (Å²) in [5.74, 6) is -24.0. The van der Waals surface area contributed by atoms with Gasteiger partial charge in [-0.3, -0.25) is 0 Å². The van der Waals surface area contributed by atoms with Gasteiger partial charge >= 0.3 is 42.1 Å². The number of halogens is 13. The SMILES string of the molecule is C=C(C)C(=O)OC1(C(F)(F)F)OC(C)(C(F)(F)F)C(F)(F)C(O)(C(F)(F)F)C1(F)F. The Balaban J connectivity index is 4.24. The molecule has 1 saturated heterocycles. The number of carbonyl (C=O) groups is 1. The number of hydrogen-bond acceptors (Lipinski definition) is 4. The molecule has 0 aromatic carbocycles. The molecule has 3 unspecified atom stereocenters. The molecule has 0 bridgehead atoms. The largest absolute Gasteiger partial charge is 0.462 e. The molecule has 0 aromatic rings. The number of esters is 1. The summed E-state index contributed by atoms with van der Waals surface area (Å²) in [5.41, 5.74) is -14.7. The first-order chi connectivity index (χ1) is 12.8. The fourth-order valence-electron chi connectivity index (χ4n) is 2.38. The van der Waals surface area contributed by atoms with Gasteiger partial charge in [-0.15, -0.1) is 0 Å². The van der Waals surface area contributed by atoms with Crippen molar-refractivity contribution in [2.24, 2.45) is 0 Å². The topological polar surface area (TPSA) is 55.8 Å². The minimum atomic E-state index is -7.54. The highest BCUT2D eigenvalue weighted by atomic mass is 19.4. The predicted molar refractivity (Wildman–Crippen MR) is 66.1 cm³/mol. The first-order valence-corrected chi connectivity index (χ1v) is 7.05. The van der Waals surface area contributed by atoms with Crippen molar-refractivity contribution in [1.82, 2.24) is 0 Å². The van der Waals surface area contributed by atoms with E-state index in [1.54, 1.807) is 0 Å². The van der Waals surface area contributed by atoms with E-state index in [4.69, 9.17) is 0 Å². The second-order valence-corrected chi connectivity index (χ2v) is 6.27. The third-order valence-corrected chi connectivity index (χ3v) is 4.18. The van der Waals surface area contributed by atoms with Gasteiger partial charge in [0.15, 0.2) is 0 Å². The van der Waals surface area contributed by atoms with Crippen molar-refractivity contribution in [2.75, 3.05) is 0 Å². The molecule has 0 saturated carbocycles. The van der Waals surface area contributed by atoms with Gasteiger partial charge < -0.3 is 14.6 Å². The van der Waals surface area contributed by atoms with Crippen LogP contribution in [0.1, 0.15) is 13.8 Å². The standard InChI is InChI=1S/C13H9F13O4/c1-4(2)5(27)29-10(13(24,25)26)9(16,17)7(28,12(21,22)23)8(14,15)6(3,30-10)11(18,19)20/h28H,1H2,2-3H3. The van der Waals surface area contributed by atoms with Crippen molar-refractivity contribution in [1.29, 1.82) is 0 Å². The van der Waals surface area contributed by atoms with Crippen LogP contribution in [0.15, 0.2) is 12.2 Å². The first-order valence-electron chi connectivity index (χ1n) is 7.05. The number of hydrogen-bond donors (Lipinski definition) is 1. The van der Waals surface area contributed by atoms with Gasteiger partial charge in [-0.25, -0.2) is 4.79 Å². The number of rotatable bonds is 2. The molecule has 0 aromatic heterocycles. The van der Waals surface area contributed by atoms with Crippen LogP contribution in [-0.4, -0.2) is 58.4 Å². The predicted octanol–water partition coefficient (Wildman–Crippen LogP) is 4.28. The van der Waals surface area contributed by atoms with Gasteiger partial charge in [0.2, 0.25) is 5.60 Å². The van der Waals surface area contributed by atoms with Crippen molar-refractivity contribution >= 4 is 5.97 Å². The molecular formula is C13H9F13O4. The molecule has 0 spiro atoms. The van der Waals surface area contributed by atoms with Crippen LogP contribution in [0.25, 0.3) is 0 Å². The van der Waals surface area contributed by atoms with Gasteiger partial charge in [0.25, 0.3) is 5.60 Å². The Kier molecular flexibility index (Phi) is 5.57. The summed E-state index contributed by atoms with van der Waals surface area (Å²) in [6.07, 6.45) is -21.7. The summed E-state index contributed by atoms with van der Waals surface area (Å²) in [7, 11) is 0. The summed E-state index contributed by atoms with van der Waals surface area (Å²) in [4.78, 5) is 11.4. The van der Waals surface area contributed by atoms with Crippen LogP contribution in [0.4, 0.5) is 57.1 Å². The highest BCUT2D eigenvalue weighted by Gasteiger charge is 3.01. The van der Waals surface area contributed by atoms with Crippen molar-refractivity contribution in [3.05, 3.63) is 12.2 Å². The third-order valence-electron chi connectivity index (χ3n) is 4.18. The normalized spacial score (nSPS) is 34.4. The molecule has 1 N–H and O–H groups in total. The first kappa shape index (κ1) is 26.3. The molecule has 1 heterocycles. The average Bonchev–Trinajstić information content (AvgIpc) is 2.47. The Morgan fingerprint density at radius 3 is 1.53 bits per heavy atom. The maximum atomic E-state index is 14.4. The molecule has 1 aliphatic rings. The maximum absolute atomic E-state index is 14.4. The molecule has 17 heteroatoms. The Hall–Kier alpha value is -1.78. The lowest BCUT2D eigenvalue weighted by Gasteiger charge is -2.59. The zero-order valence-corrected chi connectivity index (χ0v) is 14.3.